The van der Waals surface area contributed by atoms with Gasteiger partial charge in [0.1, 0.15) is 5.76 Å². The van der Waals surface area contributed by atoms with E-state index in [-0.39, 0.29) is 5.91 Å². The molecule has 19 heavy (non-hydrogen) atoms. The van der Waals surface area contributed by atoms with Crippen molar-refractivity contribution in [2.75, 3.05) is 6.54 Å². The second-order valence-electron chi connectivity index (χ2n) is 5.86. The monoisotopic (exact) mass is 264 g/mol. The van der Waals surface area contributed by atoms with Gasteiger partial charge in [-0.3, -0.25) is 4.79 Å². The highest BCUT2D eigenvalue weighted by atomic mass is 16.5. The van der Waals surface area contributed by atoms with Crippen molar-refractivity contribution in [1.82, 2.24) is 10.5 Å². The van der Waals surface area contributed by atoms with E-state index in [9.17, 15) is 9.90 Å². The van der Waals surface area contributed by atoms with E-state index in [1.165, 1.54) is 6.42 Å². The van der Waals surface area contributed by atoms with E-state index in [1.54, 1.807) is 6.07 Å². The first-order valence-electron chi connectivity index (χ1n) is 7.13. The van der Waals surface area contributed by atoms with Gasteiger partial charge in [-0.05, 0) is 25.7 Å². The molecule has 5 heteroatoms. The zero-order valence-corrected chi connectivity index (χ0v) is 11.0. The highest BCUT2D eigenvalue weighted by Gasteiger charge is 2.31. The summed E-state index contributed by atoms with van der Waals surface area (Å²) in [5.41, 5.74) is -0.418. The summed E-state index contributed by atoms with van der Waals surface area (Å²) in [5.74, 6) is 1.01. The minimum Gasteiger partial charge on any atom is -0.388 e. The highest BCUT2D eigenvalue weighted by Crippen LogP contribution is 2.40. The van der Waals surface area contributed by atoms with Crippen LogP contribution in [0.15, 0.2) is 10.6 Å². The third-order valence-electron chi connectivity index (χ3n) is 4.10. The van der Waals surface area contributed by atoms with Crippen LogP contribution in [0.5, 0.6) is 0 Å². The van der Waals surface area contributed by atoms with Gasteiger partial charge < -0.3 is 14.9 Å². The topological polar surface area (TPSA) is 75.4 Å². The number of nitrogens with zero attached hydrogens (tertiary/aromatic N) is 1. The molecule has 0 spiro atoms. The van der Waals surface area contributed by atoms with Crippen molar-refractivity contribution in [2.45, 2.75) is 56.5 Å². The van der Waals surface area contributed by atoms with Crippen molar-refractivity contribution in [3.63, 3.8) is 0 Å². The van der Waals surface area contributed by atoms with Crippen molar-refractivity contribution in [3.8, 4) is 0 Å². The molecule has 104 valence electrons. The number of nitrogens with one attached hydrogen (secondary N) is 1. The largest absolute Gasteiger partial charge is 0.388 e. The molecule has 0 bridgehead atoms. The molecule has 2 saturated carbocycles. The van der Waals surface area contributed by atoms with Gasteiger partial charge in [-0.1, -0.05) is 24.4 Å². The van der Waals surface area contributed by atoms with Crippen LogP contribution in [0, 0.1) is 0 Å². The van der Waals surface area contributed by atoms with Crippen LogP contribution in [0.4, 0.5) is 0 Å². The van der Waals surface area contributed by atoms with Crippen LogP contribution in [-0.2, 0) is 0 Å². The van der Waals surface area contributed by atoms with Crippen LogP contribution in [0.2, 0.25) is 0 Å². The summed E-state index contributed by atoms with van der Waals surface area (Å²) in [6.45, 7) is 0.303. The third-order valence-corrected chi connectivity index (χ3v) is 4.10. The molecule has 2 fully saturated rings. The first kappa shape index (κ1) is 12.7. The second kappa shape index (κ2) is 4.96. The van der Waals surface area contributed by atoms with Crippen molar-refractivity contribution >= 4 is 5.91 Å². The quantitative estimate of drug-likeness (QED) is 0.872. The number of amides is 1. The number of carbonyl (C=O) groups is 1. The SMILES string of the molecule is O=C(NCC1(O)CCCCC1)c1cc(C2CC2)on1. The fraction of sp³-hybridized carbons (Fsp3) is 0.714. The predicted molar refractivity (Wildman–Crippen MR) is 68.8 cm³/mol. The number of carbonyl (C=O) groups excluding carboxylic acids is 1. The summed E-state index contributed by atoms with van der Waals surface area (Å²) in [6, 6.07) is 1.72. The van der Waals surface area contributed by atoms with Gasteiger partial charge in [0.25, 0.3) is 5.91 Å². The number of aliphatic hydroxyl groups is 1. The Balaban J connectivity index is 1.55. The van der Waals surface area contributed by atoms with Gasteiger partial charge in [0, 0.05) is 18.5 Å². The van der Waals surface area contributed by atoms with Gasteiger partial charge >= 0.3 is 0 Å². The summed E-state index contributed by atoms with van der Waals surface area (Å²) in [6.07, 6.45) is 7.00. The molecular weight excluding hydrogens is 244 g/mol. The molecule has 2 aliphatic carbocycles. The standard InChI is InChI=1S/C14H20N2O3/c17-13(11-8-12(19-16-11)10-4-5-10)15-9-14(18)6-2-1-3-7-14/h8,10,18H,1-7,9H2,(H,15,17). The Morgan fingerprint density at radius 2 is 2.16 bits per heavy atom. The Morgan fingerprint density at radius 1 is 1.42 bits per heavy atom. The molecule has 1 heterocycles. The minimum atomic E-state index is -0.739. The summed E-state index contributed by atoms with van der Waals surface area (Å²) in [7, 11) is 0. The van der Waals surface area contributed by atoms with Crippen LogP contribution in [0.3, 0.4) is 0 Å². The van der Waals surface area contributed by atoms with E-state index in [2.05, 4.69) is 10.5 Å². The van der Waals surface area contributed by atoms with E-state index in [0.717, 1.165) is 44.3 Å². The molecule has 2 aliphatic rings. The number of aromatic nitrogens is 1. The first-order chi connectivity index (χ1) is 9.16. The minimum absolute atomic E-state index is 0.255. The zero-order chi connectivity index (χ0) is 13.3. The first-order valence-corrected chi connectivity index (χ1v) is 7.13. The maximum atomic E-state index is 11.9. The van der Waals surface area contributed by atoms with Gasteiger partial charge in [0.05, 0.1) is 5.60 Å². The third kappa shape index (κ3) is 2.97. The molecule has 1 aromatic rings. The number of rotatable bonds is 4. The molecule has 0 aromatic carbocycles. The summed E-state index contributed by atoms with van der Waals surface area (Å²) in [5, 5.41) is 16.9. The average molecular weight is 264 g/mol. The lowest BCUT2D eigenvalue weighted by molar-refractivity contribution is 0.00518. The lowest BCUT2D eigenvalue weighted by atomic mass is 9.85. The smallest absolute Gasteiger partial charge is 0.273 e. The van der Waals surface area contributed by atoms with Crippen molar-refractivity contribution in [1.29, 1.82) is 0 Å². The lowest BCUT2D eigenvalue weighted by Gasteiger charge is -2.31. The summed E-state index contributed by atoms with van der Waals surface area (Å²) < 4.78 is 5.15. The van der Waals surface area contributed by atoms with E-state index >= 15 is 0 Å². The van der Waals surface area contributed by atoms with Crippen LogP contribution >= 0.6 is 0 Å². The Kier molecular flexibility index (Phi) is 3.31. The van der Waals surface area contributed by atoms with E-state index in [0.29, 0.717) is 18.2 Å². The van der Waals surface area contributed by atoms with Gasteiger partial charge in [-0.15, -0.1) is 0 Å². The van der Waals surface area contributed by atoms with E-state index in [1.807, 2.05) is 0 Å². The molecule has 2 N–H and O–H groups in total. The fourth-order valence-corrected chi connectivity index (χ4v) is 2.68. The van der Waals surface area contributed by atoms with Gasteiger partial charge in [-0.2, -0.15) is 0 Å². The van der Waals surface area contributed by atoms with Crippen molar-refractivity contribution < 1.29 is 14.4 Å². The van der Waals surface area contributed by atoms with Crippen molar-refractivity contribution in [3.05, 3.63) is 17.5 Å². The molecule has 0 aliphatic heterocycles. The van der Waals surface area contributed by atoms with E-state index in [4.69, 9.17) is 4.52 Å². The number of hydrogen-bond donors (Lipinski definition) is 2. The van der Waals surface area contributed by atoms with Crippen LogP contribution in [0.1, 0.15) is 67.1 Å². The molecule has 0 atom stereocenters. The molecule has 5 nitrogen and oxygen atoms in total. The van der Waals surface area contributed by atoms with Crippen LogP contribution in [0.25, 0.3) is 0 Å². The maximum absolute atomic E-state index is 11.9. The number of hydrogen-bond acceptors (Lipinski definition) is 4. The molecule has 1 amide bonds. The van der Waals surface area contributed by atoms with Gasteiger partial charge in [0.15, 0.2) is 5.69 Å². The molecule has 0 saturated heterocycles. The lowest BCUT2D eigenvalue weighted by Crippen LogP contribution is -2.44. The van der Waals surface area contributed by atoms with Gasteiger partial charge in [0.2, 0.25) is 0 Å². The Hall–Kier alpha value is -1.36. The predicted octanol–water partition coefficient (Wildman–Crippen LogP) is 1.98. The zero-order valence-electron chi connectivity index (χ0n) is 11.0. The van der Waals surface area contributed by atoms with Crippen molar-refractivity contribution in [2.24, 2.45) is 0 Å². The van der Waals surface area contributed by atoms with E-state index < -0.39 is 5.60 Å². The molecule has 3 rings (SSSR count). The molecule has 1 aromatic heterocycles. The summed E-state index contributed by atoms with van der Waals surface area (Å²) in [4.78, 5) is 11.9. The Labute approximate surface area is 112 Å². The maximum Gasteiger partial charge on any atom is 0.273 e. The Morgan fingerprint density at radius 3 is 2.84 bits per heavy atom. The van der Waals surface area contributed by atoms with Gasteiger partial charge in [-0.25, -0.2) is 0 Å². The Bertz CT molecular complexity index is 459. The average Bonchev–Trinajstić information content (AvgIpc) is 3.15. The summed E-state index contributed by atoms with van der Waals surface area (Å²) >= 11 is 0. The molecular formula is C14H20N2O3. The molecule has 0 unspecified atom stereocenters. The highest BCUT2D eigenvalue weighted by molar-refractivity contribution is 5.92. The van der Waals surface area contributed by atoms with Crippen LogP contribution in [-0.4, -0.2) is 28.3 Å². The normalized spacial score (nSPS) is 22.2. The fourth-order valence-electron chi connectivity index (χ4n) is 2.68. The molecule has 0 radical (unpaired) electrons. The van der Waals surface area contributed by atoms with Crippen LogP contribution < -0.4 is 5.32 Å². The second-order valence-corrected chi connectivity index (χ2v) is 5.86.